The number of nitrogens with two attached hydrogens (primary N) is 1. The van der Waals surface area contributed by atoms with Gasteiger partial charge in [-0.25, -0.2) is 4.79 Å². The SMILES string of the molecule is C[C@H](CC/C=C/C(=O)Nc1ccccc1N)[C@H](OC(=O)Nc1ccc(Br)cc1)c1ccc(O)c2ccccc12. The Morgan fingerprint density at radius 2 is 1.64 bits per heavy atom. The van der Waals surface area contributed by atoms with Gasteiger partial charge in [0.05, 0.1) is 11.4 Å². The smallest absolute Gasteiger partial charge is 0.412 e. The molecule has 0 bridgehead atoms. The van der Waals surface area contributed by atoms with Crippen molar-refractivity contribution in [3.63, 3.8) is 0 Å². The van der Waals surface area contributed by atoms with Crippen molar-refractivity contribution >= 4 is 55.8 Å². The third-order valence-electron chi connectivity index (χ3n) is 6.36. The summed E-state index contributed by atoms with van der Waals surface area (Å²) >= 11 is 3.39. The van der Waals surface area contributed by atoms with Gasteiger partial charge >= 0.3 is 6.09 Å². The molecule has 39 heavy (non-hydrogen) atoms. The van der Waals surface area contributed by atoms with Crippen LogP contribution in [0.2, 0.25) is 0 Å². The predicted octanol–water partition coefficient (Wildman–Crippen LogP) is 7.79. The molecule has 5 N–H and O–H groups in total. The normalized spacial score (nSPS) is 12.7. The van der Waals surface area contributed by atoms with Crippen LogP contribution in [0, 0.1) is 5.92 Å². The molecule has 2 atom stereocenters. The molecule has 0 aliphatic carbocycles. The number of rotatable bonds is 9. The number of aromatic hydroxyl groups is 1. The standard InChI is InChI=1S/C31H30BrN3O4/c1-20(8-2-7-13-29(37)35-27-12-6-5-11-26(27)33)30(39-31(38)34-22-16-14-21(32)15-17-22)25-18-19-28(36)24-10-4-3-9-23(24)25/h3-7,9-20,30,36H,2,8,33H2,1H3,(H,34,38)(H,35,37)/b13-7+/t20-,30+/m1/s1. The first-order valence-corrected chi connectivity index (χ1v) is 13.4. The van der Waals surface area contributed by atoms with E-state index >= 15 is 0 Å². The molecule has 8 heteroatoms. The molecule has 4 rings (SSSR count). The van der Waals surface area contributed by atoms with Crippen LogP contribution < -0.4 is 16.4 Å². The fraction of sp³-hybridized carbons (Fsp3) is 0.161. The quantitative estimate of drug-likeness (QED) is 0.118. The van der Waals surface area contributed by atoms with Crippen LogP contribution in [0.25, 0.3) is 10.8 Å². The van der Waals surface area contributed by atoms with Crippen LogP contribution in [0.3, 0.4) is 0 Å². The monoisotopic (exact) mass is 587 g/mol. The number of carbonyl (C=O) groups excluding carboxylic acids is 2. The molecule has 0 spiro atoms. The van der Waals surface area contributed by atoms with Crippen molar-refractivity contribution in [3.8, 4) is 5.75 Å². The molecule has 0 heterocycles. The van der Waals surface area contributed by atoms with Crippen molar-refractivity contribution in [3.05, 3.63) is 107 Å². The van der Waals surface area contributed by atoms with E-state index in [1.165, 1.54) is 6.08 Å². The van der Waals surface area contributed by atoms with E-state index in [9.17, 15) is 14.7 Å². The first-order chi connectivity index (χ1) is 18.8. The van der Waals surface area contributed by atoms with Crippen LogP contribution in [0.4, 0.5) is 21.9 Å². The van der Waals surface area contributed by atoms with Gasteiger partial charge in [0.1, 0.15) is 11.9 Å². The molecular formula is C31H30BrN3O4. The number of anilines is 3. The number of amides is 2. The number of hydrogen-bond donors (Lipinski definition) is 4. The number of benzene rings is 4. The van der Waals surface area contributed by atoms with Crippen LogP contribution in [-0.2, 0) is 9.53 Å². The minimum atomic E-state index is -0.600. The zero-order valence-electron chi connectivity index (χ0n) is 21.4. The van der Waals surface area contributed by atoms with Gasteiger partial charge in [0.15, 0.2) is 0 Å². The number of ether oxygens (including phenoxy) is 1. The Balaban J connectivity index is 1.48. The van der Waals surface area contributed by atoms with E-state index in [-0.39, 0.29) is 17.6 Å². The molecule has 0 fully saturated rings. The summed E-state index contributed by atoms with van der Waals surface area (Å²) in [6.07, 6.45) is 3.31. The largest absolute Gasteiger partial charge is 0.507 e. The fourth-order valence-electron chi connectivity index (χ4n) is 4.32. The Morgan fingerprint density at radius 1 is 0.949 bits per heavy atom. The Labute approximate surface area is 235 Å². The van der Waals surface area contributed by atoms with Crippen molar-refractivity contribution in [2.45, 2.75) is 25.9 Å². The second-order valence-electron chi connectivity index (χ2n) is 9.21. The number of nitrogen functional groups attached to an aromatic ring is 1. The highest BCUT2D eigenvalue weighted by atomic mass is 79.9. The lowest BCUT2D eigenvalue weighted by atomic mass is 9.89. The van der Waals surface area contributed by atoms with Crippen molar-refractivity contribution < 1.29 is 19.4 Å². The number of nitrogens with one attached hydrogen (secondary N) is 2. The molecular weight excluding hydrogens is 558 g/mol. The summed E-state index contributed by atoms with van der Waals surface area (Å²) < 4.78 is 6.89. The van der Waals surface area contributed by atoms with Crippen LogP contribution in [0.15, 0.2) is 102 Å². The molecule has 2 amide bonds. The summed E-state index contributed by atoms with van der Waals surface area (Å²) in [7, 11) is 0. The molecule has 0 aromatic heterocycles. The number of hydrogen-bond acceptors (Lipinski definition) is 5. The maximum Gasteiger partial charge on any atom is 0.412 e. The number of allylic oxidation sites excluding steroid dienone is 1. The molecule has 0 radical (unpaired) electrons. The van der Waals surface area contributed by atoms with Gasteiger partial charge in [-0.05, 0) is 72.7 Å². The van der Waals surface area contributed by atoms with Gasteiger partial charge in [-0.15, -0.1) is 0 Å². The summed E-state index contributed by atoms with van der Waals surface area (Å²) in [6.45, 7) is 2.00. The highest BCUT2D eigenvalue weighted by Crippen LogP contribution is 2.37. The number of fused-ring (bicyclic) bond motifs is 1. The number of phenolic OH excluding ortho intramolecular Hbond substituents is 1. The van der Waals surface area contributed by atoms with E-state index in [0.29, 0.717) is 35.3 Å². The summed E-state index contributed by atoms with van der Waals surface area (Å²) in [5, 5.41) is 17.4. The van der Waals surface area contributed by atoms with Crippen molar-refractivity contribution in [2.24, 2.45) is 5.92 Å². The predicted molar refractivity (Wildman–Crippen MR) is 160 cm³/mol. The summed E-state index contributed by atoms with van der Waals surface area (Å²) in [4.78, 5) is 25.3. The maximum atomic E-state index is 12.9. The zero-order valence-corrected chi connectivity index (χ0v) is 23.0. The number of para-hydroxylation sites is 2. The molecule has 0 unspecified atom stereocenters. The minimum absolute atomic E-state index is 0.105. The van der Waals surface area contributed by atoms with E-state index in [2.05, 4.69) is 26.6 Å². The first-order valence-electron chi connectivity index (χ1n) is 12.6. The Hall–Kier alpha value is -4.30. The number of halogens is 1. The average molecular weight is 589 g/mol. The van der Waals surface area contributed by atoms with Crippen LogP contribution in [-0.4, -0.2) is 17.1 Å². The van der Waals surface area contributed by atoms with Crippen molar-refractivity contribution in [1.29, 1.82) is 0 Å². The van der Waals surface area contributed by atoms with Crippen molar-refractivity contribution in [1.82, 2.24) is 0 Å². The van der Waals surface area contributed by atoms with Gasteiger partial charge in [0, 0.05) is 21.1 Å². The molecule has 0 aliphatic rings. The van der Waals surface area contributed by atoms with Crippen LogP contribution in [0.1, 0.15) is 31.4 Å². The molecule has 0 saturated carbocycles. The van der Waals surface area contributed by atoms with Gasteiger partial charge in [-0.2, -0.15) is 0 Å². The highest BCUT2D eigenvalue weighted by molar-refractivity contribution is 9.10. The van der Waals surface area contributed by atoms with Gasteiger partial charge in [-0.1, -0.05) is 71.4 Å². The molecule has 0 aliphatic heterocycles. The zero-order chi connectivity index (χ0) is 27.8. The Morgan fingerprint density at radius 3 is 2.38 bits per heavy atom. The number of carbonyl (C=O) groups is 2. The average Bonchev–Trinajstić information content (AvgIpc) is 2.93. The van der Waals surface area contributed by atoms with E-state index in [0.717, 1.165) is 15.4 Å². The summed E-state index contributed by atoms with van der Waals surface area (Å²) in [5.74, 6) is -0.217. The maximum absolute atomic E-state index is 12.9. The third kappa shape index (κ3) is 7.39. The minimum Gasteiger partial charge on any atom is -0.507 e. The van der Waals surface area contributed by atoms with E-state index in [1.807, 2.05) is 43.3 Å². The summed E-state index contributed by atoms with van der Waals surface area (Å²) in [6, 6.07) is 25.2. The van der Waals surface area contributed by atoms with E-state index in [4.69, 9.17) is 10.5 Å². The Kier molecular flexibility index (Phi) is 9.22. The number of phenols is 1. The first kappa shape index (κ1) is 27.7. The fourth-order valence-corrected chi connectivity index (χ4v) is 4.59. The molecule has 4 aromatic carbocycles. The van der Waals surface area contributed by atoms with E-state index < -0.39 is 12.2 Å². The Bertz CT molecular complexity index is 1490. The second-order valence-corrected chi connectivity index (χ2v) is 10.1. The lowest BCUT2D eigenvalue weighted by Crippen LogP contribution is -2.22. The van der Waals surface area contributed by atoms with Gasteiger partial charge in [-0.3, -0.25) is 10.1 Å². The molecule has 0 saturated heterocycles. The third-order valence-corrected chi connectivity index (χ3v) is 6.89. The van der Waals surface area contributed by atoms with Crippen LogP contribution >= 0.6 is 15.9 Å². The highest BCUT2D eigenvalue weighted by Gasteiger charge is 2.26. The van der Waals surface area contributed by atoms with E-state index in [1.54, 1.807) is 54.6 Å². The molecule has 200 valence electrons. The van der Waals surface area contributed by atoms with Crippen LogP contribution in [0.5, 0.6) is 5.75 Å². The van der Waals surface area contributed by atoms with Crippen molar-refractivity contribution in [2.75, 3.05) is 16.4 Å². The van der Waals surface area contributed by atoms with Gasteiger partial charge in [0.2, 0.25) is 5.91 Å². The summed E-state index contributed by atoms with van der Waals surface area (Å²) in [5.41, 5.74) is 8.35. The lowest BCUT2D eigenvalue weighted by molar-refractivity contribution is -0.111. The van der Waals surface area contributed by atoms with Gasteiger partial charge < -0.3 is 20.9 Å². The topological polar surface area (TPSA) is 114 Å². The molecule has 4 aromatic rings. The molecule has 7 nitrogen and oxygen atoms in total. The second kappa shape index (κ2) is 13.0. The van der Waals surface area contributed by atoms with Gasteiger partial charge in [0.25, 0.3) is 0 Å². The lowest BCUT2D eigenvalue weighted by Gasteiger charge is -2.26.